The lowest BCUT2D eigenvalue weighted by Crippen LogP contribution is -2.22. The molecular weight excluding hydrogens is 280 g/mol. The first-order valence-corrected chi connectivity index (χ1v) is 7.07. The maximum Gasteiger partial charge on any atom is 0.132 e. The van der Waals surface area contributed by atoms with Gasteiger partial charge in [0.05, 0.1) is 19.8 Å². The largest absolute Gasteiger partial charge is 0.496 e. The molecule has 0 aromatic heterocycles. The van der Waals surface area contributed by atoms with Crippen molar-refractivity contribution < 1.29 is 14.2 Å². The Bertz CT molecular complexity index is 602. The second-order valence-electron chi connectivity index (χ2n) is 4.86. The first-order valence-electron chi connectivity index (χ1n) is 7.07. The van der Waals surface area contributed by atoms with Crippen molar-refractivity contribution in [3.8, 4) is 17.2 Å². The quantitative estimate of drug-likeness (QED) is 0.820. The Kier molecular flexibility index (Phi) is 5.63. The van der Waals surface area contributed by atoms with Crippen LogP contribution in [0.3, 0.4) is 0 Å². The smallest absolute Gasteiger partial charge is 0.132 e. The number of hydrogen-bond donors (Lipinski definition) is 2. The molecule has 1 unspecified atom stereocenters. The second kappa shape index (κ2) is 7.68. The number of hydrogen-bond acceptors (Lipinski definition) is 5. The van der Waals surface area contributed by atoms with Gasteiger partial charge in [-0.15, -0.1) is 0 Å². The van der Waals surface area contributed by atoms with Crippen LogP contribution in [-0.2, 0) is 6.61 Å². The average molecular weight is 302 g/mol. The molecule has 0 saturated carbocycles. The summed E-state index contributed by atoms with van der Waals surface area (Å²) >= 11 is 0. The zero-order chi connectivity index (χ0) is 15.9. The number of methoxy groups -OCH3 is 2. The maximum atomic E-state index is 6.11. The molecule has 2 aromatic rings. The first kappa shape index (κ1) is 16.1. The van der Waals surface area contributed by atoms with Gasteiger partial charge in [-0.05, 0) is 5.56 Å². The third kappa shape index (κ3) is 3.69. The van der Waals surface area contributed by atoms with E-state index >= 15 is 0 Å². The standard InChI is InChI=1S/C17H22N2O3/c1-20-13-8-15(21-2)17(14(19)10-18)16(9-13)22-11-12-6-4-3-5-7-12/h3-9,14H,10-11,18-19H2,1-2H3. The van der Waals surface area contributed by atoms with Crippen molar-refractivity contribution in [3.63, 3.8) is 0 Å². The van der Waals surface area contributed by atoms with Gasteiger partial charge in [0.2, 0.25) is 0 Å². The Morgan fingerprint density at radius 1 is 1.00 bits per heavy atom. The highest BCUT2D eigenvalue weighted by Gasteiger charge is 2.19. The topological polar surface area (TPSA) is 79.7 Å². The Labute approximate surface area is 130 Å². The fourth-order valence-corrected chi connectivity index (χ4v) is 2.20. The Hall–Kier alpha value is -2.24. The van der Waals surface area contributed by atoms with E-state index in [0.29, 0.717) is 30.4 Å². The number of ether oxygens (including phenoxy) is 3. The van der Waals surface area contributed by atoms with Gasteiger partial charge in [0.1, 0.15) is 23.9 Å². The van der Waals surface area contributed by atoms with Gasteiger partial charge in [-0.25, -0.2) is 0 Å². The molecule has 0 aliphatic rings. The second-order valence-corrected chi connectivity index (χ2v) is 4.86. The van der Waals surface area contributed by atoms with Crippen molar-refractivity contribution >= 4 is 0 Å². The molecule has 1 atom stereocenters. The summed E-state index contributed by atoms with van der Waals surface area (Å²) in [7, 11) is 3.18. The van der Waals surface area contributed by atoms with Crippen molar-refractivity contribution in [2.24, 2.45) is 11.5 Å². The van der Waals surface area contributed by atoms with Gasteiger partial charge in [0.15, 0.2) is 0 Å². The maximum absolute atomic E-state index is 6.11. The normalized spacial score (nSPS) is 11.8. The minimum absolute atomic E-state index is 0.296. The molecule has 0 spiro atoms. The van der Waals surface area contributed by atoms with E-state index in [9.17, 15) is 0 Å². The van der Waals surface area contributed by atoms with Crippen LogP contribution in [0.15, 0.2) is 42.5 Å². The molecule has 2 aromatic carbocycles. The summed E-state index contributed by atoms with van der Waals surface area (Å²) < 4.78 is 16.6. The SMILES string of the molecule is COc1cc(OC)c(C(N)CN)c(OCc2ccccc2)c1. The molecule has 0 heterocycles. The third-order valence-corrected chi connectivity index (χ3v) is 3.40. The summed E-state index contributed by atoms with van der Waals surface area (Å²) in [6.45, 7) is 0.728. The van der Waals surface area contributed by atoms with E-state index in [-0.39, 0.29) is 6.04 Å². The molecule has 0 radical (unpaired) electrons. The fraction of sp³-hybridized carbons (Fsp3) is 0.294. The van der Waals surface area contributed by atoms with Gasteiger partial charge in [-0.1, -0.05) is 30.3 Å². The summed E-state index contributed by atoms with van der Waals surface area (Å²) in [6.07, 6.45) is 0. The molecule has 118 valence electrons. The lowest BCUT2D eigenvalue weighted by molar-refractivity contribution is 0.293. The van der Waals surface area contributed by atoms with Crippen LogP contribution in [0.5, 0.6) is 17.2 Å². The van der Waals surface area contributed by atoms with Gasteiger partial charge < -0.3 is 25.7 Å². The molecule has 0 fully saturated rings. The van der Waals surface area contributed by atoms with E-state index in [2.05, 4.69) is 0 Å². The van der Waals surface area contributed by atoms with Crippen molar-refractivity contribution in [2.75, 3.05) is 20.8 Å². The lowest BCUT2D eigenvalue weighted by atomic mass is 10.0. The molecule has 5 heteroatoms. The van der Waals surface area contributed by atoms with Gasteiger partial charge in [-0.3, -0.25) is 0 Å². The van der Waals surface area contributed by atoms with Crippen LogP contribution in [0.2, 0.25) is 0 Å². The van der Waals surface area contributed by atoms with Crippen LogP contribution in [0.25, 0.3) is 0 Å². The van der Waals surface area contributed by atoms with E-state index in [1.54, 1.807) is 26.4 Å². The van der Waals surface area contributed by atoms with Crippen molar-refractivity contribution in [1.29, 1.82) is 0 Å². The minimum Gasteiger partial charge on any atom is -0.496 e. The summed E-state index contributed by atoms with van der Waals surface area (Å²) in [4.78, 5) is 0. The number of nitrogens with two attached hydrogens (primary N) is 2. The molecule has 5 nitrogen and oxygen atoms in total. The van der Waals surface area contributed by atoms with E-state index in [1.165, 1.54) is 0 Å². The van der Waals surface area contributed by atoms with Crippen LogP contribution in [-0.4, -0.2) is 20.8 Å². The van der Waals surface area contributed by atoms with Crippen LogP contribution < -0.4 is 25.7 Å². The van der Waals surface area contributed by atoms with Gasteiger partial charge in [0, 0.05) is 24.7 Å². The van der Waals surface area contributed by atoms with Crippen LogP contribution in [0.4, 0.5) is 0 Å². The predicted molar refractivity (Wildman–Crippen MR) is 86.3 cm³/mol. The van der Waals surface area contributed by atoms with Gasteiger partial charge >= 0.3 is 0 Å². The minimum atomic E-state index is -0.369. The molecule has 0 saturated heterocycles. The van der Waals surface area contributed by atoms with E-state index in [4.69, 9.17) is 25.7 Å². The summed E-state index contributed by atoms with van der Waals surface area (Å²) in [5, 5.41) is 0. The monoisotopic (exact) mass is 302 g/mol. The Morgan fingerprint density at radius 3 is 2.27 bits per heavy atom. The zero-order valence-corrected chi connectivity index (χ0v) is 12.9. The lowest BCUT2D eigenvalue weighted by Gasteiger charge is -2.20. The average Bonchev–Trinajstić information content (AvgIpc) is 2.59. The van der Waals surface area contributed by atoms with E-state index < -0.39 is 0 Å². The summed E-state index contributed by atoms with van der Waals surface area (Å²) in [5.74, 6) is 1.88. The van der Waals surface area contributed by atoms with Crippen molar-refractivity contribution in [3.05, 3.63) is 53.6 Å². The third-order valence-electron chi connectivity index (χ3n) is 3.40. The molecule has 0 amide bonds. The van der Waals surface area contributed by atoms with Gasteiger partial charge in [-0.2, -0.15) is 0 Å². The molecule has 0 aliphatic heterocycles. The summed E-state index contributed by atoms with van der Waals surface area (Å²) in [5.41, 5.74) is 13.6. The molecule has 2 rings (SSSR count). The highest BCUT2D eigenvalue weighted by molar-refractivity contribution is 5.52. The Balaban J connectivity index is 2.34. The van der Waals surface area contributed by atoms with E-state index in [1.807, 2.05) is 30.3 Å². The van der Waals surface area contributed by atoms with Crippen molar-refractivity contribution in [1.82, 2.24) is 0 Å². The van der Waals surface area contributed by atoms with Crippen LogP contribution in [0, 0.1) is 0 Å². The van der Waals surface area contributed by atoms with E-state index in [0.717, 1.165) is 11.1 Å². The molecule has 22 heavy (non-hydrogen) atoms. The van der Waals surface area contributed by atoms with Crippen LogP contribution in [0.1, 0.15) is 17.2 Å². The number of rotatable bonds is 7. The molecule has 0 aliphatic carbocycles. The highest BCUT2D eigenvalue weighted by atomic mass is 16.5. The van der Waals surface area contributed by atoms with Crippen LogP contribution >= 0.6 is 0 Å². The number of benzene rings is 2. The first-order chi connectivity index (χ1) is 10.7. The summed E-state index contributed by atoms with van der Waals surface area (Å²) in [6, 6.07) is 13.1. The molecule has 0 bridgehead atoms. The predicted octanol–water partition coefficient (Wildman–Crippen LogP) is 2.24. The molecular formula is C17H22N2O3. The van der Waals surface area contributed by atoms with Gasteiger partial charge in [0.25, 0.3) is 0 Å². The Morgan fingerprint density at radius 2 is 1.68 bits per heavy atom. The van der Waals surface area contributed by atoms with Crippen molar-refractivity contribution in [2.45, 2.75) is 12.6 Å². The highest BCUT2D eigenvalue weighted by Crippen LogP contribution is 2.37. The fourth-order valence-electron chi connectivity index (χ4n) is 2.20. The zero-order valence-electron chi connectivity index (χ0n) is 12.9. The molecule has 4 N–H and O–H groups in total.